The van der Waals surface area contributed by atoms with Gasteiger partial charge in [0.05, 0.1) is 0 Å². The molecule has 0 saturated heterocycles. The van der Waals surface area contributed by atoms with Gasteiger partial charge in [-0.2, -0.15) is 0 Å². The molecule has 0 atom stereocenters. The molecule has 0 radical (unpaired) electrons. The van der Waals surface area contributed by atoms with Gasteiger partial charge in [-0.1, -0.05) is 117 Å². The summed E-state index contributed by atoms with van der Waals surface area (Å²) in [5.41, 5.74) is 0. The van der Waals surface area contributed by atoms with Crippen LogP contribution >= 0.6 is 11.6 Å². The van der Waals surface area contributed by atoms with Crippen molar-refractivity contribution in [2.45, 2.75) is 135 Å². The summed E-state index contributed by atoms with van der Waals surface area (Å²) in [4.78, 5) is 0. The Kier molecular flexibility index (Phi) is 24.7. The number of hydrogen-bond acceptors (Lipinski definition) is 1. The Morgan fingerprint density at radius 3 is 1.04 bits per heavy atom. The SMILES string of the molecule is CCCCCCCCCCC(Cl)CCCCCCCCCC.N. The van der Waals surface area contributed by atoms with Crippen molar-refractivity contribution in [3.8, 4) is 0 Å². The average molecular weight is 348 g/mol. The van der Waals surface area contributed by atoms with Gasteiger partial charge in [-0.25, -0.2) is 0 Å². The third-order valence-electron chi connectivity index (χ3n) is 4.74. The van der Waals surface area contributed by atoms with Crippen molar-refractivity contribution < 1.29 is 0 Å². The molecule has 3 N–H and O–H groups in total. The van der Waals surface area contributed by atoms with Gasteiger partial charge in [-0.3, -0.25) is 0 Å². The zero-order valence-electron chi connectivity index (χ0n) is 16.4. The Bertz CT molecular complexity index is 176. The van der Waals surface area contributed by atoms with Gasteiger partial charge in [-0.05, 0) is 12.8 Å². The highest BCUT2D eigenvalue weighted by Gasteiger charge is 2.04. The summed E-state index contributed by atoms with van der Waals surface area (Å²) in [6.45, 7) is 4.57. The van der Waals surface area contributed by atoms with Crippen LogP contribution in [0.2, 0.25) is 0 Å². The van der Waals surface area contributed by atoms with E-state index in [1.807, 2.05) is 0 Å². The van der Waals surface area contributed by atoms with E-state index < -0.39 is 0 Å². The van der Waals surface area contributed by atoms with E-state index in [2.05, 4.69) is 13.8 Å². The molecule has 2 heteroatoms. The first-order valence-electron chi connectivity index (χ1n) is 10.4. The third kappa shape index (κ3) is 22.2. The zero-order valence-corrected chi connectivity index (χ0v) is 17.1. The maximum Gasteiger partial charge on any atom is 0.0336 e. The minimum Gasteiger partial charge on any atom is -0.344 e. The Morgan fingerprint density at radius 1 is 0.478 bits per heavy atom. The molecule has 0 aliphatic rings. The maximum atomic E-state index is 6.44. The molecule has 0 heterocycles. The molecule has 0 rings (SSSR count). The molecular formula is C21H46ClN. The zero-order chi connectivity index (χ0) is 16.3. The molecule has 0 spiro atoms. The molecule has 0 bridgehead atoms. The quantitative estimate of drug-likeness (QED) is 0.195. The second-order valence-corrected chi connectivity index (χ2v) is 7.74. The summed E-state index contributed by atoms with van der Waals surface area (Å²) >= 11 is 6.44. The van der Waals surface area contributed by atoms with Gasteiger partial charge in [0.2, 0.25) is 0 Å². The number of rotatable bonds is 18. The van der Waals surface area contributed by atoms with Crippen LogP contribution in [0.5, 0.6) is 0 Å². The smallest absolute Gasteiger partial charge is 0.0336 e. The summed E-state index contributed by atoms with van der Waals surface area (Å²) in [5, 5.41) is 0.445. The van der Waals surface area contributed by atoms with E-state index in [1.54, 1.807) is 0 Å². The Morgan fingerprint density at radius 2 is 0.739 bits per heavy atom. The van der Waals surface area contributed by atoms with Crippen LogP contribution in [0.25, 0.3) is 0 Å². The largest absolute Gasteiger partial charge is 0.344 e. The predicted molar refractivity (Wildman–Crippen MR) is 109 cm³/mol. The predicted octanol–water partition coefficient (Wildman–Crippen LogP) is 8.82. The Hall–Kier alpha value is 0.250. The third-order valence-corrected chi connectivity index (χ3v) is 5.18. The molecule has 0 amide bonds. The second kappa shape index (κ2) is 22.2. The van der Waals surface area contributed by atoms with Crippen LogP contribution in [-0.2, 0) is 0 Å². The highest BCUT2D eigenvalue weighted by atomic mass is 35.5. The summed E-state index contributed by atoms with van der Waals surface area (Å²) in [7, 11) is 0. The molecule has 1 nitrogen and oxygen atoms in total. The van der Waals surface area contributed by atoms with Crippen LogP contribution in [0.15, 0.2) is 0 Å². The number of hydrogen-bond donors (Lipinski definition) is 1. The van der Waals surface area contributed by atoms with Gasteiger partial charge in [-0.15, -0.1) is 11.6 Å². The highest BCUT2D eigenvalue weighted by Crippen LogP contribution is 2.18. The highest BCUT2D eigenvalue weighted by molar-refractivity contribution is 6.20. The van der Waals surface area contributed by atoms with Crippen LogP contribution in [-0.4, -0.2) is 5.38 Å². The lowest BCUT2D eigenvalue weighted by atomic mass is 10.0. The summed E-state index contributed by atoms with van der Waals surface area (Å²) in [6, 6.07) is 0. The number of halogens is 1. The first-order chi connectivity index (χ1) is 10.8. The van der Waals surface area contributed by atoms with E-state index in [1.165, 1.54) is 116 Å². The molecule has 0 unspecified atom stereocenters. The lowest BCUT2D eigenvalue weighted by Gasteiger charge is -2.09. The molecule has 0 aliphatic carbocycles. The van der Waals surface area contributed by atoms with Crippen LogP contribution in [0.4, 0.5) is 0 Å². The van der Waals surface area contributed by atoms with Gasteiger partial charge in [0.15, 0.2) is 0 Å². The minimum absolute atomic E-state index is 0. The topological polar surface area (TPSA) is 35.0 Å². The molecule has 142 valence electrons. The van der Waals surface area contributed by atoms with Crippen LogP contribution in [0, 0.1) is 0 Å². The van der Waals surface area contributed by atoms with Crippen LogP contribution in [0.1, 0.15) is 129 Å². The van der Waals surface area contributed by atoms with Crippen molar-refractivity contribution in [2.75, 3.05) is 0 Å². The molecule has 0 aromatic carbocycles. The fourth-order valence-electron chi connectivity index (χ4n) is 3.14. The first-order valence-corrected chi connectivity index (χ1v) is 10.9. The fourth-order valence-corrected chi connectivity index (χ4v) is 3.45. The van der Waals surface area contributed by atoms with Crippen LogP contribution < -0.4 is 6.15 Å². The van der Waals surface area contributed by atoms with Crippen molar-refractivity contribution in [1.29, 1.82) is 0 Å². The normalized spacial score (nSPS) is 11.0. The molecule has 23 heavy (non-hydrogen) atoms. The molecule has 0 aromatic rings. The summed E-state index contributed by atoms with van der Waals surface area (Å²) < 4.78 is 0. The molecule has 0 saturated carbocycles. The Labute approximate surface area is 152 Å². The first kappa shape index (κ1) is 25.5. The lowest BCUT2D eigenvalue weighted by Crippen LogP contribution is -1.98. The molecular weight excluding hydrogens is 302 g/mol. The van der Waals surface area contributed by atoms with E-state index in [9.17, 15) is 0 Å². The minimum atomic E-state index is 0. The number of unbranched alkanes of at least 4 members (excludes halogenated alkanes) is 14. The maximum absolute atomic E-state index is 6.44. The van der Waals surface area contributed by atoms with Gasteiger partial charge >= 0.3 is 0 Å². The van der Waals surface area contributed by atoms with Crippen LogP contribution in [0.3, 0.4) is 0 Å². The molecule has 0 fully saturated rings. The molecule has 0 aliphatic heterocycles. The van der Waals surface area contributed by atoms with Crippen molar-refractivity contribution in [1.82, 2.24) is 6.15 Å². The van der Waals surface area contributed by atoms with E-state index in [0.29, 0.717) is 5.38 Å². The van der Waals surface area contributed by atoms with Crippen molar-refractivity contribution >= 4 is 11.6 Å². The van der Waals surface area contributed by atoms with E-state index in [4.69, 9.17) is 11.6 Å². The lowest BCUT2D eigenvalue weighted by molar-refractivity contribution is 0.528. The van der Waals surface area contributed by atoms with Gasteiger partial charge in [0.1, 0.15) is 0 Å². The summed E-state index contributed by atoms with van der Waals surface area (Å²) in [6.07, 6.45) is 25.0. The van der Waals surface area contributed by atoms with E-state index in [0.717, 1.165) is 0 Å². The van der Waals surface area contributed by atoms with E-state index >= 15 is 0 Å². The molecule has 0 aromatic heterocycles. The second-order valence-electron chi connectivity index (χ2n) is 7.12. The Balaban J connectivity index is 0. The number of alkyl halides is 1. The summed E-state index contributed by atoms with van der Waals surface area (Å²) in [5.74, 6) is 0. The monoisotopic (exact) mass is 347 g/mol. The van der Waals surface area contributed by atoms with Gasteiger partial charge in [0.25, 0.3) is 0 Å². The van der Waals surface area contributed by atoms with Crippen molar-refractivity contribution in [3.05, 3.63) is 0 Å². The fraction of sp³-hybridized carbons (Fsp3) is 1.00. The van der Waals surface area contributed by atoms with Crippen molar-refractivity contribution in [3.63, 3.8) is 0 Å². The van der Waals surface area contributed by atoms with Gasteiger partial charge in [0, 0.05) is 5.38 Å². The van der Waals surface area contributed by atoms with Crippen molar-refractivity contribution in [2.24, 2.45) is 0 Å². The van der Waals surface area contributed by atoms with Gasteiger partial charge < -0.3 is 6.15 Å². The standard InChI is InChI=1S/C21H43Cl.H3N/c1-3-5-7-9-11-13-15-17-19-21(22)20-18-16-14-12-10-8-6-4-2;/h21H,3-20H2,1-2H3;1H3. The average Bonchev–Trinajstić information content (AvgIpc) is 2.52. The van der Waals surface area contributed by atoms with E-state index in [-0.39, 0.29) is 6.15 Å².